The van der Waals surface area contributed by atoms with Gasteiger partial charge in [-0.2, -0.15) is 0 Å². The van der Waals surface area contributed by atoms with Crippen LogP contribution in [0.2, 0.25) is 0 Å². The molecule has 0 aromatic heterocycles. The third kappa shape index (κ3) is 2.24. The average Bonchev–Trinajstić information content (AvgIpc) is 2.04. The molecule has 1 atom stereocenters. The number of hydrogen-bond acceptors (Lipinski definition) is 2. The highest BCUT2D eigenvalue weighted by atomic mass is 19.1. The summed E-state index contributed by atoms with van der Waals surface area (Å²) in [7, 11) is 0. The van der Waals surface area contributed by atoms with Gasteiger partial charge in [0, 0.05) is 9.82 Å². The van der Waals surface area contributed by atoms with Crippen molar-refractivity contribution in [3.05, 3.63) is 20.9 Å². The van der Waals surface area contributed by atoms with Crippen LogP contribution in [0.3, 0.4) is 0 Å². The van der Waals surface area contributed by atoms with Crippen LogP contribution in [-0.2, 0) is 0 Å². The van der Waals surface area contributed by atoms with Crippen LogP contribution >= 0.6 is 0 Å². The minimum Gasteiger partial charge on any atom is -0.247 e. The molecule has 1 fully saturated rings. The second-order valence-electron chi connectivity index (χ2n) is 3.05. The van der Waals surface area contributed by atoms with Gasteiger partial charge in [0.1, 0.15) is 11.8 Å². The van der Waals surface area contributed by atoms with E-state index in [0.717, 1.165) is 0 Å². The molecule has 0 aromatic rings. The molecule has 1 unspecified atom stereocenters. The maximum absolute atomic E-state index is 13.0. The van der Waals surface area contributed by atoms with E-state index in [1.54, 1.807) is 0 Å². The van der Waals surface area contributed by atoms with E-state index in [9.17, 15) is 4.39 Å². The van der Waals surface area contributed by atoms with Crippen molar-refractivity contribution < 1.29 is 4.39 Å². The molecule has 0 aromatic carbocycles. The van der Waals surface area contributed by atoms with Gasteiger partial charge in [0.25, 0.3) is 0 Å². The summed E-state index contributed by atoms with van der Waals surface area (Å²) in [4.78, 5) is 5.16. The lowest BCUT2D eigenvalue weighted by Crippen LogP contribution is -2.31. The maximum atomic E-state index is 13.0. The molecule has 0 spiro atoms. The lowest BCUT2D eigenvalue weighted by Gasteiger charge is -2.29. The quantitative estimate of drug-likeness (QED) is 0.357. The summed E-state index contributed by atoms with van der Waals surface area (Å²) < 4.78 is 13.0. The van der Waals surface area contributed by atoms with E-state index in [1.165, 1.54) is 0 Å². The maximum Gasteiger partial charge on any atom is 0.129 e. The first kappa shape index (κ1) is 9.64. The van der Waals surface area contributed by atoms with Crippen LogP contribution in [-0.4, -0.2) is 11.8 Å². The van der Waals surface area contributed by atoms with Gasteiger partial charge < -0.3 is 0 Å². The largest absolute Gasteiger partial charge is 0.247 e. The highest BCUT2D eigenvalue weighted by Crippen LogP contribution is 2.34. The molecule has 0 N–H and O–H groups in total. The van der Waals surface area contributed by atoms with Crippen LogP contribution < -0.4 is 0 Å². The Hall–Kier alpha value is -1.45. The molecule has 1 saturated carbocycles. The second-order valence-corrected chi connectivity index (χ2v) is 3.05. The van der Waals surface area contributed by atoms with E-state index in [1.807, 2.05) is 0 Å². The van der Waals surface area contributed by atoms with Crippen molar-refractivity contribution >= 4 is 0 Å². The van der Waals surface area contributed by atoms with E-state index >= 15 is 0 Å². The minimum absolute atomic E-state index is 0.00111. The Kier molecular flexibility index (Phi) is 2.95. The molecule has 13 heavy (non-hydrogen) atoms. The van der Waals surface area contributed by atoms with Gasteiger partial charge in [-0.15, -0.1) is 0 Å². The Morgan fingerprint density at radius 2 is 1.92 bits per heavy atom. The first-order valence-corrected chi connectivity index (χ1v) is 3.99. The number of nitrogens with zero attached hydrogens (tertiary/aromatic N) is 6. The number of alkyl halides is 1. The zero-order valence-corrected chi connectivity index (χ0v) is 6.97. The van der Waals surface area contributed by atoms with Crippen molar-refractivity contribution in [3.8, 4) is 0 Å². The monoisotopic (exact) mass is 184 g/mol. The van der Waals surface area contributed by atoms with Gasteiger partial charge in [-0.1, -0.05) is 10.2 Å². The Labute approximate surface area is 74.0 Å². The van der Waals surface area contributed by atoms with Gasteiger partial charge in [-0.05, 0) is 36.7 Å². The molecule has 6 nitrogen and oxygen atoms in total. The van der Waals surface area contributed by atoms with E-state index in [-0.39, 0.29) is 6.42 Å². The molecular formula is C6H9FN6. The van der Waals surface area contributed by atoms with E-state index in [2.05, 4.69) is 20.1 Å². The van der Waals surface area contributed by atoms with Gasteiger partial charge in [0.2, 0.25) is 0 Å². The Morgan fingerprint density at radius 3 is 2.38 bits per heavy atom. The minimum atomic E-state index is -1.21. The van der Waals surface area contributed by atoms with Gasteiger partial charge in [-0.25, -0.2) is 4.39 Å². The lowest BCUT2D eigenvalue weighted by molar-refractivity contribution is 0.176. The highest BCUT2D eigenvalue weighted by molar-refractivity contribution is 4.92. The van der Waals surface area contributed by atoms with Crippen LogP contribution in [0.15, 0.2) is 10.2 Å². The fraction of sp³-hybridized carbons (Fsp3) is 1.00. The van der Waals surface area contributed by atoms with Gasteiger partial charge >= 0.3 is 0 Å². The second kappa shape index (κ2) is 3.98. The van der Waals surface area contributed by atoms with Crippen molar-refractivity contribution in [3.63, 3.8) is 0 Å². The van der Waals surface area contributed by atoms with E-state index < -0.39 is 11.8 Å². The third-order valence-corrected chi connectivity index (χ3v) is 2.10. The molecule has 0 radical (unpaired) electrons. The molecule has 0 saturated heterocycles. The van der Waals surface area contributed by atoms with Crippen molar-refractivity contribution in [2.75, 3.05) is 0 Å². The van der Waals surface area contributed by atoms with Crippen molar-refractivity contribution in [1.82, 2.24) is 0 Å². The normalized spacial score (nSPS) is 32.8. The predicted octanol–water partition coefficient (Wildman–Crippen LogP) is 3.22. The van der Waals surface area contributed by atoms with Gasteiger partial charge in [0.05, 0.1) is 0 Å². The number of hydrogen-bond donors (Lipinski definition) is 0. The summed E-state index contributed by atoms with van der Waals surface area (Å²) in [6.45, 7) is 0. The van der Waals surface area contributed by atoms with Crippen molar-refractivity contribution in [2.24, 2.45) is 10.2 Å². The third-order valence-electron chi connectivity index (χ3n) is 2.10. The summed E-state index contributed by atoms with van der Waals surface area (Å²) in [6.07, 6.45) is 0.427. The van der Waals surface area contributed by atoms with Crippen molar-refractivity contribution in [1.29, 1.82) is 0 Å². The Morgan fingerprint density at radius 1 is 1.31 bits per heavy atom. The predicted molar refractivity (Wildman–Crippen MR) is 44.4 cm³/mol. The Bertz CT molecular complexity index is 259. The van der Waals surface area contributed by atoms with Crippen molar-refractivity contribution in [2.45, 2.75) is 37.5 Å². The van der Waals surface area contributed by atoms with Crippen LogP contribution in [0, 0.1) is 0 Å². The fourth-order valence-electron chi connectivity index (χ4n) is 1.53. The van der Waals surface area contributed by atoms with E-state index in [4.69, 9.17) is 11.1 Å². The topological polar surface area (TPSA) is 97.5 Å². The summed E-state index contributed by atoms with van der Waals surface area (Å²) in [5.74, 6) is 0. The summed E-state index contributed by atoms with van der Waals surface area (Å²) in [6, 6.07) is 0. The molecule has 1 rings (SSSR count). The van der Waals surface area contributed by atoms with Crippen LogP contribution in [0.25, 0.3) is 20.9 Å². The molecule has 0 amide bonds. The molecule has 7 heteroatoms. The zero-order chi connectivity index (χ0) is 9.73. The molecular weight excluding hydrogens is 175 g/mol. The van der Waals surface area contributed by atoms with Crippen LogP contribution in [0.4, 0.5) is 4.39 Å². The SMILES string of the molecule is [N-]=[N+]=NC1(N=[N+]=[N-])CCCC(F)C1. The molecule has 0 aliphatic heterocycles. The first-order valence-electron chi connectivity index (χ1n) is 3.99. The fourth-order valence-corrected chi connectivity index (χ4v) is 1.53. The average molecular weight is 184 g/mol. The standard InChI is InChI=1S/C6H9FN6/c7-5-2-1-3-6(4-5,10-12-8)11-13-9/h5H,1-4H2. The summed E-state index contributed by atoms with van der Waals surface area (Å²) in [5.41, 5.74) is 15.3. The highest BCUT2D eigenvalue weighted by Gasteiger charge is 2.35. The van der Waals surface area contributed by atoms with Crippen LogP contribution in [0.1, 0.15) is 25.7 Å². The Balaban J connectivity index is 2.88. The molecule has 1 aliphatic carbocycles. The van der Waals surface area contributed by atoms with Gasteiger partial charge in [-0.3, -0.25) is 0 Å². The molecule has 0 heterocycles. The molecule has 0 bridgehead atoms. The van der Waals surface area contributed by atoms with E-state index in [0.29, 0.717) is 19.3 Å². The molecule has 1 aliphatic rings. The smallest absolute Gasteiger partial charge is 0.129 e. The number of halogens is 1. The lowest BCUT2D eigenvalue weighted by atomic mass is 9.89. The number of rotatable bonds is 2. The number of azide groups is 1. The zero-order valence-electron chi connectivity index (χ0n) is 6.97. The van der Waals surface area contributed by atoms with Gasteiger partial charge in [0.15, 0.2) is 0 Å². The summed E-state index contributed by atoms with van der Waals surface area (Å²) >= 11 is 0. The summed E-state index contributed by atoms with van der Waals surface area (Å²) in [5, 5.41) is 6.75. The molecule has 70 valence electrons. The van der Waals surface area contributed by atoms with Crippen LogP contribution in [0.5, 0.6) is 0 Å². The first-order chi connectivity index (χ1) is 6.22.